The SMILES string of the molecule is NC1CC1(C1CC1)C1CC1. The lowest BCUT2D eigenvalue weighted by molar-refractivity contribution is 0.364. The van der Waals surface area contributed by atoms with Gasteiger partial charge in [0.25, 0.3) is 0 Å². The molecule has 3 fully saturated rings. The van der Waals surface area contributed by atoms with Gasteiger partial charge in [0.1, 0.15) is 0 Å². The predicted octanol–water partition coefficient (Wildman–Crippen LogP) is 1.52. The smallest absolute Gasteiger partial charge is 0.0107 e. The van der Waals surface area contributed by atoms with Gasteiger partial charge in [0.05, 0.1) is 0 Å². The first-order valence-electron chi connectivity index (χ1n) is 4.59. The van der Waals surface area contributed by atoms with E-state index in [1.54, 1.807) is 0 Å². The van der Waals surface area contributed by atoms with Crippen molar-refractivity contribution in [2.45, 2.75) is 38.1 Å². The molecule has 3 aliphatic carbocycles. The molecule has 2 N–H and O–H groups in total. The van der Waals surface area contributed by atoms with Crippen LogP contribution in [0.15, 0.2) is 0 Å². The number of rotatable bonds is 2. The van der Waals surface area contributed by atoms with Crippen LogP contribution in [0.2, 0.25) is 0 Å². The van der Waals surface area contributed by atoms with Crippen LogP contribution in [0.25, 0.3) is 0 Å². The summed E-state index contributed by atoms with van der Waals surface area (Å²) in [6.07, 6.45) is 7.32. The maximum absolute atomic E-state index is 5.98. The Hall–Kier alpha value is -0.0400. The molecule has 0 amide bonds. The molecule has 3 rings (SSSR count). The molecule has 1 nitrogen and oxygen atoms in total. The molecule has 0 spiro atoms. The van der Waals surface area contributed by atoms with E-state index in [4.69, 9.17) is 5.73 Å². The van der Waals surface area contributed by atoms with Crippen LogP contribution in [0.4, 0.5) is 0 Å². The van der Waals surface area contributed by atoms with Crippen LogP contribution in [0.1, 0.15) is 32.1 Å². The van der Waals surface area contributed by atoms with Crippen molar-refractivity contribution in [3.05, 3.63) is 0 Å². The Kier molecular flexibility index (Phi) is 0.797. The monoisotopic (exact) mass is 137 g/mol. The van der Waals surface area contributed by atoms with Crippen LogP contribution in [0.5, 0.6) is 0 Å². The Morgan fingerprint density at radius 1 is 1.00 bits per heavy atom. The van der Waals surface area contributed by atoms with Gasteiger partial charge in [0.2, 0.25) is 0 Å². The second-order valence-electron chi connectivity index (χ2n) is 4.47. The third-order valence-electron chi connectivity index (χ3n) is 3.78. The van der Waals surface area contributed by atoms with Crippen molar-refractivity contribution in [3.8, 4) is 0 Å². The number of hydrogen-bond donors (Lipinski definition) is 1. The maximum Gasteiger partial charge on any atom is 0.0107 e. The Morgan fingerprint density at radius 3 is 1.60 bits per heavy atom. The molecule has 0 aromatic heterocycles. The van der Waals surface area contributed by atoms with E-state index >= 15 is 0 Å². The maximum atomic E-state index is 5.98. The second kappa shape index (κ2) is 1.42. The second-order valence-corrected chi connectivity index (χ2v) is 4.47. The highest BCUT2D eigenvalue weighted by Gasteiger charge is 2.66. The zero-order valence-electron chi connectivity index (χ0n) is 6.34. The largest absolute Gasteiger partial charge is 0.327 e. The van der Waals surface area contributed by atoms with Crippen LogP contribution < -0.4 is 5.73 Å². The summed E-state index contributed by atoms with van der Waals surface area (Å²) in [5.41, 5.74) is 6.69. The number of hydrogen-bond acceptors (Lipinski definition) is 1. The van der Waals surface area contributed by atoms with Gasteiger partial charge in [-0.3, -0.25) is 0 Å². The van der Waals surface area contributed by atoms with Gasteiger partial charge in [0, 0.05) is 6.04 Å². The van der Waals surface area contributed by atoms with E-state index in [1.165, 1.54) is 32.1 Å². The zero-order valence-corrected chi connectivity index (χ0v) is 6.34. The predicted molar refractivity (Wildman–Crippen MR) is 40.5 cm³/mol. The quantitative estimate of drug-likeness (QED) is 0.613. The van der Waals surface area contributed by atoms with E-state index in [-0.39, 0.29) is 0 Å². The Bertz CT molecular complexity index is 156. The lowest BCUT2D eigenvalue weighted by Crippen LogP contribution is -2.18. The van der Waals surface area contributed by atoms with Crippen LogP contribution in [0.3, 0.4) is 0 Å². The standard InChI is InChI=1S/C9H15N/c10-8-5-9(8,6-1-2-6)7-3-4-7/h6-8H,1-5,10H2. The number of nitrogens with two attached hydrogens (primary N) is 1. The minimum absolute atomic E-state index is 0.604. The summed E-state index contributed by atoms with van der Waals surface area (Å²) in [6.45, 7) is 0. The summed E-state index contributed by atoms with van der Waals surface area (Å²) < 4.78 is 0. The highest BCUT2D eigenvalue weighted by Crippen LogP contribution is 2.70. The fraction of sp³-hybridized carbons (Fsp3) is 1.00. The lowest BCUT2D eigenvalue weighted by Gasteiger charge is -2.12. The van der Waals surface area contributed by atoms with Gasteiger partial charge in [0.15, 0.2) is 0 Å². The van der Waals surface area contributed by atoms with E-state index in [9.17, 15) is 0 Å². The highest BCUT2D eigenvalue weighted by atomic mass is 14.9. The molecule has 3 saturated carbocycles. The molecule has 0 aromatic carbocycles. The average molecular weight is 137 g/mol. The minimum atomic E-state index is 0.604. The molecule has 56 valence electrons. The highest BCUT2D eigenvalue weighted by molar-refractivity contribution is 5.19. The Morgan fingerprint density at radius 2 is 1.40 bits per heavy atom. The van der Waals surface area contributed by atoms with Crippen LogP contribution in [0, 0.1) is 17.3 Å². The molecule has 1 heteroatoms. The van der Waals surface area contributed by atoms with Gasteiger partial charge >= 0.3 is 0 Å². The third kappa shape index (κ3) is 0.531. The summed E-state index contributed by atoms with van der Waals surface area (Å²) in [7, 11) is 0. The van der Waals surface area contributed by atoms with Gasteiger partial charge in [-0.2, -0.15) is 0 Å². The lowest BCUT2D eigenvalue weighted by atomic mass is 9.93. The van der Waals surface area contributed by atoms with Gasteiger partial charge < -0.3 is 5.73 Å². The molecule has 0 aliphatic heterocycles. The van der Waals surface area contributed by atoms with Crippen molar-refractivity contribution in [3.63, 3.8) is 0 Å². The molecule has 0 radical (unpaired) electrons. The fourth-order valence-corrected chi connectivity index (χ4v) is 2.84. The molecule has 10 heavy (non-hydrogen) atoms. The first kappa shape index (κ1) is 5.59. The fourth-order valence-electron chi connectivity index (χ4n) is 2.84. The Labute approximate surface area is 62.0 Å². The summed E-state index contributed by atoms with van der Waals surface area (Å²) >= 11 is 0. The molecule has 1 unspecified atom stereocenters. The third-order valence-corrected chi connectivity index (χ3v) is 3.78. The first-order chi connectivity index (χ1) is 4.84. The Balaban J connectivity index is 1.83. The summed E-state index contributed by atoms with van der Waals surface area (Å²) in [5, 5.41) is 0. The van der Waals surface area contributed by atoms with Crippen molar-refractivity contribution in [1.82, 2.24) is 0 Å². The molecular weight excluding hydrogens is 122 g/mol. The molecular formula is C9H15N. The summed E-state index contributed by atoms with van der Waals surface area (Å²) in [4.78, 5) is 0. The van der Waals surface area contributed by atoms with Gasteiger partial charge in [-0.15, -0.1) is 0 Å². The van der Waals surface area contributed by atoms with E-state index in [0.717, 1.165) is 11.8 Å². The molecule has 0 saturated heterocycles. The van der Waals surface area contributed by atoms with Crippen molar-refractivity contribution >= 4 is 0 Å². The molecule has 3 aliphatic rings. The average Bonchev–Trinajstić information content (AvgIpc) is 2.71. The van der Waals surface area contributed by atoms with Crippen LogP contribution in [-0.2, 0) is 0 Å². The summed E-state index contributed by atoms with van der Waals surface area (Å²) in [5.74, 6) is 2.13. The topological polar surface area (TPSA) is 26.0 Å². The van der Waals surface area contributed by atoms with Crippen molar-refractivity contribution in [2.24, 2.45) is 23.0 Å². The van der Waals surface area contributed by atoms with Crippen molar-refractivity contribution in [2.75, 3.05) is 0 Å². The molecule has 0 bridgehead atoms. The van der Waals surface area contributed by atoms with E-state index in [2.05, 4.69) is 0 Å². The first-order valence-corrected chi connectivity index (χ1v) is 4.59. The normalized spacial score (nSPS) is 43.5. The molecule has 0 aromatic rings. The summed E-state index contributed by atoms with van der Waals surface area (Å²) in [6, 6.07) is 0.604. The van der Waals surface area contributed by atoms with Crippen molar-refractivity contribution < 1.29 is 0 Å². The van der Waals surface area contributed by atoms with Gasteiger partial charge in [-0.05, 0) is 49.4 Å². The van der Waals surface area contributed by atoms with Gasteiger partial charge in [-0.25, -0.2) is 0 Å². The van der Waals surface area contributed by atoms with Crippen molar-refractivity contribution in [1.29, 1.82) is 0 Å². The van der Waals surface area contributed by atoms with Crippen LogP contribution in [-0.4, -0.2) is 6.04 Å². The van der Waals surface area contributed by atoms with E-state index in [1.807, 2.05) is 0 Å². The zero-order chi connectivity index (χ0) is 6.77. The van der Waals surface area contributed by atoms with Gasteiger partial charge in [-0.1, -0.05) is 0 Å². The van der Waals surface area contributed by atoms with E-state index < -0.39 is 0 Å². The molecule has 1 atom stereocenters. The van der Waals surface area contributed by atoms with E-state index in [0.29, 0.717) is 11.5 Å². The van der Waals surface area contributed by atoms with Crippen LogP contribution >= 0.6 is 0 Å². The molecule has 0 heterocycles. The minimum Gasteiger partial charge on any atom is -0.327 e.